The molecule has 184 valence electrons. The van der Waals surface area contributed by atoms with Gasteiger partial charge in [-0.1, -0.05) is 11.6 Å². The molecule has 2 aliphatic heterocycles. The molecule has 1 aromatic carbocycles. The van der Waals surface area contributed by atoms with Crippen molar-refractivity contribution in [1.82, 2.24) is 14.9 Å². The number of hydrogen-bond acceptors (Lipinski definition) is 9. The van der Waals surface area contributed by atoms with E-state index in [0.717, 1.165) is 34.0 Å². The maximum Gasteiger partial charge on any atom is 0.159 e. The molecule has 0 saturated carbocycles. The van der Waals surface area contributed by atoms with Gasteiger partial charge in [0.1, 0.15) is 16.9 Å². The number of rotatable bonds is 3. The van der Waals surface area contributed by atoms with E-state index in [2.05, 4.69) is 11.1 Å². The minimum Gasteiger partial charge on any atom is -0.390 e. The Kier molecular flexibility index (Phi) is 5.51. The first-order chi connectivity index (χ1) is 17.3. The van der Waals surface area contributed by atoms with Gasteiger partial charge in [0.2, 0.25) is 0 Å². The third kappa shape index (κ3) is 3.35. The van der Waals surface area contributed by atoms with Crippen LogP contribution in [0.2, 0.25) is 5.02 Å². The lowest BCUT2D eigenvalue weighted by Gasteiger charge is -2.22. The Hall–Kier alpha value is -3.07. The number of nitrogens with zero attached hydrogens (tertiary/aromatic N) is 5. The summed E-state index contributed by atoms with van der Waals surface area (Å²) in [6, 6.07) is 6.00. The number of nitrogens with two attached hydrogens (primary N) is 1. The fourth-order valence-electron chi connectivity index (χ4n) is 5.28. The summed E-state index contributed by atoms with van der Waals surface area (Å²) in [5, 5.41) is 22.1. The zero-order chi connectivity index (χ0) is 25.3. The van der Waals surface area contributed by atoms with Crippen molar-refractivity contribution >= 4 is 54.7 Å². The lowest BCUT2D eigenvalue weighted by molar-refractivity contribution is 0.114. The number of nitriles is 1. The van der Waals surface area contributed by atoms with E-state index in [1.165, 1.54) is 0 Å². The summed E-state index contributed by atoms with van der Waals surface area (Å²) in [6.45, 7) is 1.78. The van der Waals surface area contributed by atoms with Crippen LogP contribution in [0.15, 0.2) is 18.3 Å². The fourth-order valence-corrected chi connectivity index (χ4v) is 6.55. The summed E-state index contributed by atoms with van der Waals surface area (Å²) in [6.07, 6.45) is 0.635. The number of pyridine rings is 2. The molecule has 0 amide bonds. The van der Waals surface area contributed by atoms with Gasteiger partial charge in [0.25, 0.3) is 0 Å². The first-order valence-corrected chi connectivity index (χ1v) is 12.6. The molecule has 2 aliphatic rings. The van der Waals surface area contributed by atoms with Crippen molar-refractivity contribution in [3.05, 3.63) is 45.9 Å². The number of halogens is 2. The molecule has 1 saturated heterocycles. The number of hydrogen-bond donors (Lipinski definition) is 2. The number of anilines is 2. The van der Waals surface area contributed by atoms with Crippen LogP contribution in [0.25, 0.3) is 32.2 Å². The Labute approximate surface area is 215 Å². The summed E-state index contributed by atoms with van der Waals surface area (Å²) in [7, 11) is 3.89. The number of benzene rings is 1. The zero-order valence-electron chi connectivity index (χ0n) is 19.5. The molecule has 0 aliphatic carbocycles. The molecule has 5 heterocycles. The van der Waals surface area contributed by atoms with Crippen LogP contribution in [-0.2, 0) is 18.0 Å². The van der Waals surface area contributed by atoms with Gasteiger partial charge in [0, 0.05) is 29.4 Å². The van der Waals surface area contributed by atoms with Crippen LogP contribution in [0, 0.1) is 17.1 Å². The van der Waals surface area contributed by atoms with Gasteiger partial charge >= 0.3 is 0 Å². The second-order valence-electron chi connectivity index (χ2n) is 9.32. The Morgan fingerprint density at radius 2 is 2.08 bits per heavy atom. The molecular formula is C25H22ClFN6O2S. The van der Waals surface area contributed by atoms with Gasteiger partial charge in [0.05, 0.1) is 58.1 Å². The monoisotopic (exact) mass is 524 g/mol. The smallest absolute Gasteiger partial charge is 0.159 e. The van der Waals surface area contributed by atoms with Crippen LogP contribution in [0.3, 0.4) is 0 Å². The molecule has 2 atom stereocenters. The highest BCUT2D eigenvalue weighted by Gasteiger charge is 2.34. The minimum atomic E-state index is -0.541. The highest BCUT2D eigenvalue weighted by atomic mass is 35.5. The van der Waals surface area contributed by atoms with Crippen molar-refractivity contribution in [2.75, 3.05) is 37.8 Å². The predicted molar refractivity (Wildman–Crippen MR) is 139 cm³/mol. The van der Waals surface area contributed by atoms with E-state index >= 15 is 0 Å². The lowest BCUT2D eigenvalue weighted by Crippen LogP contribution is -2.38. The number of nitrogen functional groups attached to an aromatic ring is 1. The van der Waals surface area contributed by atoms with Crippen LogP contribution in [0.4, 0.5) is 15.2 Å². The molecule has 0 bridgehead atoms. The van der Waals surface area contributed by atoms with Crippen molar-refractivity contribution in [2.24, 2.45) is 0 Å². The molecule has 3 N–H and O–H groups in total. The highest BCUT2D eigenvalue weighted by molar-refractivity contribution is 7.23. The van der Waals surface area contributed by atoms with E-state index < -0.39 is 11.9 Å². The van der Waals surface area contributed by atoms with E-state index in [1.54, 1.807) is 0 Å². The van der Waals surface area contributed by atoms with Gasteiger partial charge < -0.3 is 25.4 Å². The number of fused-ring (bicyclic) bond motifs is 4. The van der Waals surface area contributed by atoms with Crippen LogP contribution in [-0.4, -0.2) is 59.3 Å². The summed E-state index contributed by atoms with van der Waals surface area (Å²) in [5.41, 5.74) is 9.56. The Bertz CT molecular complexity index is 1600. The van der Waals surface area contributed by atoms with Gasteiger partial charge in [-0.15, -0.1) is 11.3 Å². The quantitative estimate of drug-likeness (QED) is 0.415. The molecule has 1 fully saturated rings. The van der Waals surface area contributed by atoms with E-state index in [1.807, 2.05) is 36.0 Å². The standard InChI is InChI=1S/C25H22ClFN6O2S/c1-32(2)16-7-33(8-17(16)34)18-4-3-11-13-9-35-10-14(13)19(21(26)22(11)31-18)23-20-12(5-28)25(29)36-24(20)15(27)6-30-23/h3-4,6,16-17,34H,7-10,29H2,1-2H3/t16-,17+/m1/s1. The van der Waals surface area contributed by atoms with Crippen molar-refractivity contribution in [2.45, 2.75) is 25.4 Å². The van der Waals surface area contributed by atoms with E-state index in [4.69, 9.17) is 27.1 Å². The van der Waals surface area contributed by atoms with Gasteiger partial charge in [-0.2, -0.15) is 5.26 Å². The summed E-state index contributed by atoms with van der Waals surface area (Å²) < 4.78 is 20.7. The minimum absolute atomic E-state index is 0.00731. The Balaban J connectivity index is 1.59. The van der Waals surface area contributed by atoms with Gasteiger partial charge in [-0.05, 0) is 37.4 Å². The van der Waals surface area contributed by atoms with Crippen molar-refractivity contribution in [3.63, 3.8) is 0 Å². The summed E-state index contributed by atoms with van der Waals surface area (Å²) in [4.78, 5) is 13.3. The average molecular weight is 525 g/mol. The first kappa shape index (κ1) is 23.3. The molecule has 36 heavy (non-hydrogen) atoms. The second-order valence-corrected chi connectivity index (χ2v) is 10.7. The largest absolute Gasteiger partial charge is 0.390 e. The average Bonchev–Trinajstić information content (AvgIpc) is 3.57. The number of β-amino-alcohol motifs (C(OH)–C–C–N with tert-alkyl or cyclic N) is 1. The van der Waals surface area contributed by atoms with E-state index in [-0.39, 0.29) is 21.3 Å². The Morgan fingerprint density at radius 3 is 2.81 bits per heavy atom. The van der Waals surface area contributed by atoms with E-state index in [9.17, 15) is 14.8 Å². The van der Waals surface area contributed by atoms with E-state index in [0.29, 0.717) is 59.3 Å². The van der Waals surface area contributed by atoms with Crippen LogP contribution >= 0.6 is 22.9 Å². The lowest BCUT2D eigenvalue weighted by atomic mass is 9.94. The molecular weight excluding hydrogens is 503 g/mol. The summed E-state index contributed by atoms with van der Waals surface area (Å²) in [5.74, 6) is 0.160. The number of aromatic nitrogens is 2. The van der Waals surface area contributed by atoms with Gasteiger partial charge in [0.15, 0.2) is 5.82 Å². The summed E-state index contributed by atoms with van der Waals surface area (Å²) >= 11 is 8.07. The fraction of sp³-hybridized carbons (Fsp3) is 0.320. The number of aliphatic hydroxyl groups excluding tert-OH is 1. The molecule has 8 nitrogen and oxygen atoms in total. The third-order valence-electron chi connectivity index (χ3n) is 7.08. The number of aliphatic hydroxyl groups is 1. The third-order valence-corrected chi connectivity index (χ3v) is 8.48. The molecule has 4 aromatic rings. The highest BCUT2D eigenvalue weighted by Crippen LogP contribution is 2.47. The van der Waals surface area contributed by atoms with Crippen LogP contribution < -0.4 is 10.6 Å². The maximum absolute atomic E-state index is 14.7. The molecule has 6 rings (SSSR count). The SMILES string of the molecule is CN(C)[C@@H]1CN(c2ccc3c4c(c(-c5ncc(F)c6sc(N)c(C#N)c56)c(Cl)c3n2)COC4)C[C@@H]1O. The molecule has 3 aromatic heterocycles. The molecule has 0 spiro atoms. The Morgan fingerprint density at radius 1 is 1.31 bits per heavy atom. The number of thiophene rings is 1. The molecule has 0 radical (unpaired) electrons. The zero-order valence-corrected chi connectivity index (χ0v) is 21.1. The topological polar surface area (TPSA) is 112 Å². The van der Waals surface area contributed by atoms with Gasteiger partial charge in [-0.25, -0.2) is 9.37 Å². The molecule has 0 unspecified atom stereocenters. The van der Waals surface area contributed by atoms with Crippen molar-refractivity contribution < 1.29 is 14.2 Å². The first-order valence-electron chi connectivity index (χ1n) is 11.4. The predicted octanol–water partition coefficient (Wildman–Crippen LogP) is 3.90. The molecule has 11 heteroatoms. The van der Waals surface area contributed by atoms with Crippen molar-refractivity contribution in [1.29, 1.82) is 5.26 Å². The second kappa shape index (κ2) is 8.50. The normalized spacial score (nSPS) is 19.5. The maximum atomic E-state index is 14.7. The van der Waals surface area contributed by atoms with Gasteiger partial charge in [-0.3, -0.25) is 4.98 Å². The number of likely N-dealkylation sites (N-methyl/N-ethyl adjacent to an activating group) is 1. The van der Waals surface area contributed by atoms with Crippen LogP contribution in [0.5, 0.6) is 0 Å². The van der Waals surface area contributed by atoms with Crippen LogP contribution in [0.1, 0.15) is 16.7 Å². The van der Waals surface area contributed by atoms with Crippen molar-refractivity contribution in [3.8, 4) is 17.3 Å². The number of ether oxygens (including phenoxy) is 1.